The van der Waals surface area contributed by atoms with Gasteiger partial charge in [0.05, 0.1) is 0 Å². The molecule has 2 unspecified atom stereocenters. The van der Waals surface area contributed by atoms with E-state index < -0.39 is 12.0 Å². The summed E-state index contributed by atoms with van der Waals surface area (Å²) < 4.78 is 1.19. The Morgan fingerprint density at radius 3 is 2.35 bits per heavy atom. The molecule has 4 heteroatoms. The third kappa shape index (κ3) is 3.67. The Morgan fingerprint density at radius 1 is 1.41 bits per heavy atom. The van der Waals surface area contributed by atoms with Crippen molar-refractivity contribution in [3.05, 3.63) is 33.4 Å². The lowest BCUT2D eigenvalue weighted by atomic mass is 10.0. The summed E-state index contributed by atoms with van der Waals surface area (Å²) in [4.78, 5) is 13.0. The van der Waals surface area contributed by atoms with Gasteiger partial charge in [-0.15, -0.1) is 0 Å². The van der Waals surface area contributed by atoms with E-state index in [1.165, 1.54) is 3.57 Å². The molecule has 1 rings (SSSR count). The van der Waals surface area contributed by atoms with Crippen molar-refractivity contribution in [3.8, 4) is 0 Å². The molecule has 0 radical (unpaired) electrons. The van der Waals surface area contributed by atoms with E-state index in [0.29, 0.717) is 6.42 Å². The van der Waals surface area contributed by atoms with E-state index in [0.717, 1.165) is 5.56 Å². The first-order valence-corrected chi connectivity index (χ1v) is 6.75. The lowest BCUT2D eigenvalue weighted by molar-refractivity contribution is -0.143. The summed E-state index contributed by atoms with van der Waals surface area (Å²) in [7, 11) is 1.87. The maximum absolute atomic E-state index is 11.1. The van der Waals surface area contributed by atoms with Gasteiger partial charge in [-0.3, -0.25) is 9.69 Å². The van der Waals surface area contributed by atoms with Gasteiger partial charge in [0.15, 0.2) is 0 Å². The molecule has 0 aliphatic carbocycles. The Balaban J connectivity index is 2.84. The van der Waals surface area contributed by atoms with E-state index in [1.54, 1.807) is 0 Å². The van der Waals surface area contributed by atoms with Crippen LogP contribution in [0.25, 0.3) is 0 Å². The van der Waals surface area contributed by atoms with Crippen LogP contribution in [-0.4, -0.2) is 29.1 Å². The number of hydrogen-bond donors (Lipinski definition) is 1. The molecule has 0 aliphatic rings. The molecule has 0 aliphatic heterocycles. The monoisotopic (exact) mass is 347 g/mol. The van der Waals surface area contributed by atoms with E-state index in [4.69, 9.17) is 5.11 Å². The number of nitrogens with zero attached hydrogens (tertiary/aromatic N) is 1. The maximum Gasteiger partial charge on any atom is 0.320 e. The van der Waals surface area contributed by atoms with E-state index in [9.17, 15) is 4.79 Å². The average molecular weight is 347 g/mol. The van der Waals surface area contributed by atoms with Crippen LogP contribution in [0.1, 0.15) is 31.9 Å². The maximum atomic E-state index is 11.1. The number of carbonyl (C=O) groups is 1. The summed E-state index contributed by atoms with van der Waals surface area (Å²) in [5.74, 6) is -0.757. The number of halogens is 1. The van der Waals surface area contributed by atoms with Crippen molar-refractivity contribution in [1.29, 1.82) is 0 Å². The van der Waals surface area contributed by atoms with Gasteiger partial charge >= 0.3 is 5.97 Å². The predicted molar refractivity (Wildman–Crippen MR) is 77.1 cm³/mol. The van der Waals surface area contributed by atoms with E-state index >= 15 is 0 Å². The van der Waals surface area contributed by atoms with Crippen LogP contribution in [0.3, 0.4) is 0 Å². The number of carboxylic acid groups (broad SMARTS) is 1. The summed E-state index contributed by atoms with van der Waals surface area (Å²) >= 11 is 2.26. The fourth-order valence-electron chi connectivity index (χ4n) is 1.88. The smallest absolute Gasteiger partial charge is 0.320 e. The fourth-order valence-corrected chi connectivity index (χ4v) is 2.24. The van der Waals surface area contributed by atoms with Crippen molar-refractivity contribution in [1.82, 2.24) is 4.90 Å². The first-order valence-electron chi connectivity index (χ1n) is 5.67. The van der Waals surface area contributed by atoms with Crippen molar-refractivity contribution in [3.63, 3.8) is 0 Å². The van der Waals surface area contributed by atoms with Crippen LogP contribution in [0, 0.1) is 3.57 Å². The molecule has 3 nitrogen and oxygen atoms in total. The third-order valence-electron chi connectivity index (χ3n) is 3.13. The van der Waals surface area contributed by atoms with Gasteiger partial charge in [-0.1, -0.05) is 19.1 Å². The highest BCUT2D eigenvalue weighted by Crippen LogP contribution is 2.22. The molecule has 17 heavy (non-hydrogen) atoms. The first-order chi connectivity index (χ1) is 7.97. The zero-order valence-electron chi connectivity index (χ0n) is 10.4. The van der Waals surface area contributed by atoms with Crippen molar-refractivity contribution in [2.24, 2.45) is 0 Å². The largest absolute Gasteiger partial charge is 0.480 e. The predicted octanol–water partition coefficient (Wildman–Crippen LogP) is 3.15. The Morgan fingerprint density at radius 2 is 1.94 bits per heavy atom. The summed E-state index contributed by atoms with van der Waals surface area (Å²) in [5, 5.41) is 9.14. The quantitative estimate of drug-likeness (QED) is 0.832. The molecule has 1 N–H and O–H groups in total. The third-order valence-corrected chi connectivity index (χ3v) is 3.85. The number of likely N-dealkylation sites (N-methyl/N-ethyl adjacent to an activating group) is 1. The Labute approximate surface area is 116 Å². The van der Waals surface area contributed by atoms with Gasteiger partial charge in [-0.25, -0.2) is 0 Å². The normalized spacial score (nSPS) is 14.6. The molecule has 0 bridgehead atoms. The minimum atomic E-state index is -0.757. The minimum absolute atomic E-state index is 0.105. The number of hydrogen-bond acceptors (Lipinski definition) is 2. The highest BCUT2D eigenvalue weighted by atomic mass is 127. The lowest BCUT2D eigenvalue weighted by Gasteiger charge is -2.30. The van der Waals surface area contributed by atoms with Crippen molar-refractivity contribution in [2.75, 3.05) is 7.05 Å². The van der Waals surface area contributed by atoms with Crippen molar-refractivity contribution < 1.29 is 9.90 Å². The van der Waals surface area contributed by atoms with Crippen LogP contribution in [0.4, 0.5) is 0 Å². The molecule has 1 aromatic rings. The SMILES string of the molecule is CCC(C(=O)O)N(C)C(C)c1ccc(I)cc1. The second-order valence-corrected chi connectivity index (χ2v) is 5.40. The Hall–Kier alpha value is -0.620. The zero-order valence-corrected chi connectivity index (χ0v) is 12.5. The average Bonchev–Trinajstić information content (AvgIpc) is 2.29. The van der Waals surface area contributed by atoms with Crippen LogP contribution in [0.5, 0.6) is 0 Å². The Bertz CT molecular complexity index is 378. The molecule has 1 aromatic carbocycles. The van der Waals surface area contributed by atoms with Gasteiger partial charge in [0, 0.05) is 9.61 Å². The van der Waals surface area contributed by atoms with Crippen LogP contribution >= 0.6 is 22.6 Å². The molecule has 0 fully saturated rings. The Kier molecular flexibility index (Phi) is 5.39. The van der Waals surface area contributed by atoms with Crippen molar-refractivity contribution >= 4 is 28.6 Å². The van der Waals surface area contributed by atoms with E-state index in [-0.39, 0.29) is 6.04 Å². The van der Waals surface area contributed by atoms with Gasteiger partial charge in [-0.05, 0) is 60.7 Å². The van der Waals surface area contributed by atoms with Crippen LogP contribution in [-0.2, 0) is 4.79 Å². The molecule has 0 aromatic heterocycles. The number of rotatable bonds is 5. The van der Waals surface area contributed by atoms with Gasteiger partial charge in [0.1, 0.15) is 6.04 Å². The number of aliphatic carboxylic acids is 1. The summed E-state index contributed by atoms with van der Waals surface area (Å²) in [6.45, 7) is 3.93. The van der Waals surface area contributed by atoms with Crippen molar-refractivity contribution in [2.45, 2.75) is 32.4 Å². The molecule has 94 valence electrons. The molecule has 0 saturated heterocycles. The van der Waals surface area contributed by atoms with Gasteiger partial charge in [0.25, 0.3) is 0 Å². The van der Waals surface area contributed by atoms with Crippen LogP contribution in [0.15, 0.2) is 24.3 Å². The van der Waals surface area contributed by atoms with Gasteiger partial charge in [-0.2, -0.15) is 0 Å². The van der Waals surface area contributed by atoms with E-state index in [1.807, 2.05) is 37.9 Å². The highest BCUT2D eigenvalue weighted by molar-refractivity contribution is 14.1. The molecule has 0 heterocycles. The van der Waals surface area contributed by atoms with E-state index in [2.05, 4.69) is 34.7 Å². The van der Waals surface area contributed by atoms with Crippen LogP contribution in [0.2, 0.25) is 0 Å². The standard InChI is InChI=1S/C13H18INO2/c1-4-12(13(16)17)15(3)9(2)10-5-7-11(14)8-6-10/h5-9,12H,4H2,1-3H3,(H,16,17). The highest BCUT2D eigenvalue weighted by Gasteiger charge is 2.25. The van der Waals surface area contributed by atoms with Crippen LogP contribution < -0.4 is 0 Å². The number of carboxylic acids is 1. The molecular weight excluding hydrogens is 329 g/mol. The second-order valence-electron chi connectivity index (χ2n) is 4.16. The fraction of sp³-hybridized carbons (Fsp3) is 0.462. The summed E-state index contributed by atoms with van der Waals surface area (Å²) in [6.07, 6.45) is 0.612. The lowest BCUT2D eigenvalue weighted by Crippen LogP contribution is -2.39. The second kappa shape index (κ2) is 6.35. The summed E-state index contributed by atoms with van der Waals surface area (Å²) in [5.41, 5.74) is 1.15. The molecule has 0 spiro atoms. The van der Waals surface area contributed by atoms with Gasteiger partial charge < -0.3 is 5.11 Å². The topological polar surface area (TPSA) is 40.5 Å². The van der Waals surface area contributed by atoms with Gasteiger partial charge in [0.2, 0.25) is 0 Å². The minimum Gasteiger partial charge on any atom is -0.480 e. The number of benzene rings is 1. The molecular formula is C13H18INO2. The molecule has 0 saturated carbocycles. The first kappa shape index (κ1) is 14.4. The summed E-state index contributed by atoms with van der Waals surface area (Å²) in [6, 6.07) is 7.87. The molecule has 2 atom stereocenters. The zero-order chi connectivity index (χ0) is 13.0. The molecule has 0 amide bonds.